The van der Waals surface area contributed by atoms with Gasteiger partial charge in [-0.25, -0.2) is 4.39 Å². The third-order valence-corrected chi connectivity index (χ3v) is 3.42. The van der Waals surface area contributed by atoms with Crippen LogP contribution in [0.1, 0.15) is 24.0 Å². The van der Waals surface area contributed by atoms with E-state index in [9.17, 15) is 4.39 Å². The number of hydrogen-bond donors (Lipinski definition) is 1. The molecule has 0 saturated heterocycles. The quantitative estimate of drug-likeness (QED) is 0.498. The monoisotopic (exact) mass is 377 g/mol. The Labute approximate surface area is 131 Å². The van der Waals surface area contributed by atoms with Crippen molar-refractivity contribution < 1.29 is 4.39 Å². The molecule has 1 saturated carbocycles. The minimum absolute atomic E-state index is 0. The molecule has 0 amide bonds. The zero-order valence-electron chi connectivity index (χ0n) is 11.4. The van der Waals surface area contributed by atoms with Gasteiger partial charge in [-0.15, -0.1) is 24.0 Å². The highest BCUT2D eigenvalue weighted by Crippen LogP contribution is 2.24. The summed E-state index contributed by atoms with van der Waals surface area (Å²) < 4.78 is 12.9. The second-order valence-corrected chi connectivity index (χ2v) is 4.90. The molecule has 0 bridgehead atoms. The molecule has 5 heteroatoms. The van der Waals surface area contributed by atoms with E-state index in [-0.39, 0.29) is 29.8 Å². The minimum atomic E-state index is -0.187. The molecule has 0 spiro atoms. The zero-order chi connectivity index (χ0) is 13.1. The lowest BCUT2D eigenvalue weighted by Gasteiger charge is -2.16. The van der Waals surface area contributed by atoms with E-state index >= 15 is 0 Å². The number of aryl methyl sites for hydroxylation is 1. The van der Waals surface area contributed by atoms with E-state index < -0.39 is 0 Å². The number of rotatable bonds is 4. The van der Waals surface area contributed by atoms with Crippen LogP contribution in [0.25, 0.3) is 0 Å². The van der Waals surface area contributed by atoms with E-state index in [2.05, 4.69) is 4.99 Å². The summed E-state index contributed by atoms with van der Waals surface area (Å²) in [5.74, 6) is 0.421. The smallest absolute Gasteiger partial charge is 0.191 e. The highest BCUT2D eigenvalue weighted by Gasteiger charge is 2.27. The third-order valence-electron chi connectivity index (χ3n) is 3.42. The Balaban J connectivity index is 0.00000180. The summed E-state index contributed by atoms with van der Waals surface area (Å²) in [6.07, 6.45) is 3.22. The molecule has 0 unspecified atom stereocenters. The second kappa shape index (κ2) is 7.07. The molecule has 2 N–H and O–H groups in total. The summed E-state index contributed by atoms with van der Waals surface area (Å²) in [7, 11) is 1.99. The summed E-state index contributed by atoms with van der Waals surface area (Å²) in [6, 6.07) is 5.45. The molecule has 2 rings (SSSR count). The number of halogens is 2. The Morgan fingerprint density at radius 2 is 2.16 bits per heavy atom. The molecule has 0 radical (unpaired) electrons. The first-order chi connectivity index (χ1) is 8.58. The Bertz CT molecular complexity index is 458. The van der Waals surface area contributed by atoms with E-state index in [0.29, 0.717) is 18.5 Å². The van der Waals surface area contributed by atoms with Crippen LogP contribution in [-0.4, -0.2) is 30.5 Å². The highest BCUT2D eigenvalue weighted by atomic mass is 127. The topological polar surface area (TPSA) is 41.6 Å². The molecule has 106 valence electrons. The lowest BCUT2D eigenvalue weighted by molar-refractivity contribution is 0.487. The van der Waals surface area contributed by atoms with E-state index in [4.69, 9.17) is 5.73 Å². The molecule has 1 fully saturated rings. The average Bonchev–Trinajstić information content (AvgIpc) is 3.15. The van der Waals surface area contributed by atoms with Crippen molar-refractivity contribution in [3.8, 4) is 0 Å². The molecular weight excluding hydrogens is 356 g/mol. The lowest BCUT2D eigenvalue weighted by Crippen LogP contribution is -2.35. The van der Waals surface area contributed by atoms with Crippen molar-refractivity contribution >= 4 is 29.9 Å². The van der Waals surface area contributed by atoms with Crippen LogP contribution in [-0.2, 0) is 6.42 Å². The van der Waals surface area contributed by atoms with Gasteiger partial charge in [0.15, 0.2) is 5.96 Å². The van der Waals surface area contributed by atoms with Gasteiger partial charge < -0.3 is 10.6 Å². The Hall–Kier alpha value is -0.850. The number of nitrogens with two attached hydrogens (primary N) is 1. The third kappa shape index (κ3) is 4.63. The highest BCUT2D eigenvalue weighted by molar-refractivity contribution is 14.0. The van der Waals surface area contributed by atoms with Crippen LogP contribution >= 0.6 is 24.0 Å². The van der Waals surface area contributed by atoms with Crippen molar-refractivity contribution in [3.63, 3.8) is 0 Å². The molecule has 1 aromatic rings. The summed E-state index contributed by atoms with van der Waals surface area (Å²) in [5.41, 5.74) is 8.00. The molecule has 1 aliphatic carbocycles. The fourth-order valence-electron chi connectivity index (χ4n) is 1.99. The number of benzene rings is 1. The molecule has 0 heterocycles. The first kappa shape index (κ1) is 16.2. The van der Waals surface area contributed by atoms with Gasteiger partial charge in [0.1, 0.15) is 5.82 Å². The van der Waals surface area contributed by atoms with Gasteiger partial charge in [-0.05, 0) is 49.4 Å². The van der Waals surface area contributed by atoms with Crippen molar-refractivity contribution in [2.24, 2.45) is 10.7 Å². The van der Waals surface area contributed by atoms with Crippen LogP contribution in [0.15, 0.2) is 23.2 Å². The van der Waals surface area contributed by atoms with E-state index in [0.717, 1.165) is 17.5 Å². The van der Waals surface area contributed by atoms with Crippen LogP contribution in [0, 0.1) is 12.7 Å². The first-order valence-corrected chi connectivity index (χ1v) is 6.35. The zero-order valence-corrected chi connectivity index (χ0v) is 13.7. The normalized spacial score (nSPS) is 15.0. The molecule has 0 aromatic heterocycles. The fraction of sp³-hybridized carbons (Fsp3) is 0.500. The molecule has 1 aromatic carbocycles. The van der Waals surface area contributed by atoms with Crippen LogP contribution in [0.4, 0.5) is 4.39 Å². The maximum Gasteiger partial charge on any atom is 0.191 e. The molecule has 1 aliphatic rings. The van der Waals surface area contributed by atoms with Gasteiger partial charge in [-0.1, -0.05) is 6.07 Å². The standard InChI is InChI=1S/C14H20FN3.HI/c1-10-9-12(15)4-3-11(10)7-8-17-14(16)18(2)13-5-6-13;/h3-4,9,13H,5-8H2,1-2H3,(H2,16,17);1H. The van der Waals surface area contributed by atoms with Crippen LogP contribution in [0.3, 0.4) is 0 Å². The number of hydrogen-bond acceptors (Lipinski definition) is 1. The summed E-state index contributed by atoms with van der Waals surface area (Å²) in [6.45, 7) is 2.57. The van der Waals surface area contributed by atoms with E-state index in [1.807, 2.05) is 24.9 Å². The predicted octanol–water partition coefficient (Wildman–Crippen LogP) is 2.70. The summed E-state index contributed by atoms with van der Waals surface area (Å²) >= 11 is 0. The van der Waals surface area contributed by atoms with Crippen molar-refractivity contribution in [2.45, 2.75) is 32.2 Å². The minimum Gasteiger partial charge on any atom is -0.370 e. The van der Waals surface area contributed by atoms with Crippen molar-refractivity contribution in [3.05, 3.63) is 35.1 Å². The van der Waals surface area contributed by atoms with Gasteiger partial charge in [0.25, 0.3) is 0 Å². The molecule has 19 heavy (non-hydrogen) atoms. The van der Waals surface area contributed by atoms with E-state index in [1.165, 1.54) is 18.9 Å². The maximum atomic E-state index is 12.9. The summed E-state index contributed by atoms with van der Waals surface area (Å²) in [4.78, 5) is 6.41. The Morgan fingerprint density at radius 1 is 1.47 bits per heavy atom. The van der Waals surface area contributed by atoms with Crippen molar-refractivity contribution in [1.82, 2.24) is 4.90 Å². The molecule has 0 aliphatic heterocycles. The van der Waals surface area contributed by atoms with Crippen LogP contribution in [0.2, 0.25) is 0 Å². The van der Waals surface area contributed by atoms with Gasteiger partial charge in [0.2, 0.25) is 0 Å². The van der Waals surface area contributed by atoms with Gasteiger partial charge in [-0.2, -0.15) is 0 Å². The Morgan fingerprint density at radius 3 is 2.74 bits per heavy atom. The Kier molecular flexibility index (Phi) is 6.03. The van der Waals surface area contributed by atoms with Crippen molar-refractivity contribution in [1.29, 1.82) is 0 Å². The lowest BCUT2D eigenvalue weighted by atomic mass is 10.1. The predicted molar refractivity (Wildman–Crippen MR) is 87.5 cm³/mol. The SMILES string of the molecule is Cc1cc(F)ccc1CCN=C(N)N(C)C1CC1.I. The number of guanidine groups is 1. The van der Waals surface area contributed by atoms with Gasteiger partial charge >= 0.3 is 0 Å². The average molecular weight is 377 g/mol. The van der Waals surface area contributed by atoms with Gasteiger partial charge in [-0.3, -0.25) is 4.99 Å². The fourth-order valence-corrected chi connectivity index (χ4v) is 1.99. The van der Waals surface area contributed by atoms with Crippen molar-refractivity contribution in [2.75, 3.05) is 13.6 Å². The van der Waals surface area contributed by atoms with E-state index in [1.54, 1.807) is 6.07 Å². The van der Waals surface area contributed by atoms with Gasteiger partial charge in [0.05, 0.1) is 0 Å². The molecular formula is C14H21FIN3. The first-order valence-electron chi connectivity index (χ1n) is 6.35. The molecule has 0 atom stereocenters. The largest absolute Gasteiger partial charge is 0.370 e. The summed E-state index contributed by atoms with van der Waals surface area (Å²) in [5, 5.41) is 0. The maximum absolute atomic E-state index is 12.9. The number of nitrogens with zero attached hydrogens (tertiary/aromatic N) is 2. The van der Waals surface area contributed by atoms with Crippen LogP contribution in [0.5, 0.6) is 0 Å². The van der Waals surface area contributed by atoms with Crippen LogP contribution < -0.4 is 5.73 Å². The number of aliphatic imine (C=N–C) groups is 1. The van der Waals surface area contributed by atoms with Gasteiger partial charge in [0, 0.05) is 19.6 Å². The second-order valence-electron chi connectivity index (χ2n) is 4.90. The molecule has 3 nitrogen and oxygen atoms in total.